The first-order valence-corrected chi connectivity index (χ1v) is 22.4. The smallest absolute Gasteiger partial charge is 0.386 e. The fraction of sp³-hybridized carbons (Fsp3) is 0.791. The molecule has 8 rings (SSSR count). The zero-order valence-electron chi connectivity index (χ0n) is 32.9. The van der Waals surface area contributed by atoms with Crippen molar-refractivity contribution in [2.45, 2.75) is 148 Å². The molecule has 3 unspecified atom stereocenters. The Kier molecular flexibility index (Phi) is 9.86. The summed E-state index contributed by atoms with van der Waals surface area (Å²) in [7, 11) is 0. The van der Waals surface area contributed by atoms with E-state index < -0.39 is 41.5 Å². The third kappa shape index (κ3) is 5.95. The number of fused-ring (bicyclic) bond motifs is 4. The van der Waals surface area contributed by atoms with Gasteiger partial charge in [-0.2, -0.15) is 0 Å². The molecule has 4 N–H and O–H groups in total. The molecule has 0 aromatic heterocycles. The molecule has 296 valence electrons. The molecule has 0 bridgehead atoms. The Morgan fingerprint density at radius 2 is 1.77 bits per heavy atom. The van der Waals surface area contributed by atoms with Crippen molar-refractivity contribution in [2.24, 2.45) is 51.1 Å². The molecule has 2 saturated heterocycles. The Morgan fingerprint density at radius 3 is 2.53 bits per heavy atom. The predicted molar refractivity (Wildman–Crippen MR) is 198 cm³/mol. The number of nitrogens with two attached hydrogens (primary N) is 1. The van der Waals surface area contributed by atoms with Crippen molar-refractivity contribution < 1.29 is 55.4 Å². The molecule has 2 aliphatic heterocycles. The molecule has 53 heavy (non-hydrogen) atoms. The van der Waals surface area contributed by atoms with Crippen LogP contribution < -0.4 is 27.2 Å². The normalized spacial score (nSPS) is 47.9. The minimum absolute atomic E-state index is 0.00615. The summed E-state index contributed by atoms with van der Waals surface area (Å²) in [6.07, 6.45) is 20.5. The van der Waals surface area contributed by atoms with Gasteiger partial charge in [-0.3, -0.25) is 4.79 Å². The number of halogens is 1. The van der Waals surface area contributed by atoms with Gasteiger partial charge in [0.05, 0.1) is 17.8 Å². The van der Waals surface area contributed by atoms with Crippen LogP contribution in [-0.2, 0) is 23.7 Å². The standard InChI is InChI=1S/C43H64IN2O7/c1-26-23-29(37(39(5,6)49)51-27(2)47)52-35-34(26)40(7)19-20-42-25-41(42)18-17-32(38(3,4)30(41)15-16-31(42)43(40,45)36(35)48)53-33-24-46(21-22-50-33)44-28-13-11-9-8-10-12-14-28/h8-14,26,29-37,48-49H,15-25,45H2,1-7H3/q-1/t26-,29?,30+,31?,32+,33+,34+,35?,36+,37+,40-,41-,42+,43+/m1/s1. The summed E-state index contributed by atoms with van der Waals surface area (Å²) in [6, 6.07) is 0. The van der Waals surface area contributed by atoms with Crippen molar-refractivity contribution in [3.63, 3.8) is 0 Å². The van der Waals surface area contributed by atoms with Gasteiger partial charge in [-0.15, -0.1) is 0 Å². The van der Waals surface area contributed by atoms with Gasteiger partial charge in [0.15, 0.2) is 6.10 Å². The van der Waals surface area contributed by atoms with Crippen molar-refractivity contribution >= 4 is 5.97 Å². The molecule has 0 aromatic carbocycles. The molecular formula is C43H64IN2O7-. The van der Waals surface area contributed by atoms with Crippen LogP contribution >= 0.6 is 0 Å². The summed E-state index contributed by atoms with van der Waals surface area (Å²) < 4.78 is 29.7. The second kappa shape index (κ2) is 13.5. The summed E-state index contributed by atoms with van der Waals surface area (Å²) in [4.78, 5) is 12.1. The maximum atomic E-state index is 12.5. The molecule has 2 heterocycles. The van der Waals surface area contributed by atoms with Crippen molar-refractivity contribution in [1.29, 1.82) is 0 Å². The van der Waals surface area contributed by atoms with Crippen LogP contribution in [0.25, 0.3) is 0 Å². The average molecular weight is 848 g/mol. The second-order valence-electron chi connectivity index (χ2n) is 19.4. The molecule has 2 spiro atoms. The van der Waals surface area contributed by atoms with Crippen LogP contribution in [0.15, 0.2) is 46.1 Å². The summed E-state index contributed by atoms with van der Waals surface area (Å²) in [5.41, 5.74) is 5.82. The van der Waals surface area contributed by atoms with E-state index in [-0.39, 0.29) is 73.3 Å². The van der Waals surface area contributed by atoms with E-state index in [2.05, 4.69) is 73.3 Å². The van der Waals surface area contributed by atoms with Crippen LogP contribution in [-0.4, -0.2) is 86.9 Å². The third-order valence-corrected chi connectivity index (χ3v) is 18.9. The number of hydrogen-bond donors (Lipinski definition) is 3. The summed E-state index contributed by atoms with van der Waals surface area (Å²) in [5.74, 6) is 0.586. The molecule has 8 aliphatic rings. The van der Waals surface area contributed by atoms with Crippen molar-refractivity contribution in [3.05, 3.63) is 46.1 Å². The van der Waals surface area contributed by atoms with Crippen LogP contribution in [0.5, 0.6) is 0 Å². The average Bonchev–Trinajstić information content (AvgIpc) is 3.70. The van der Waals surface area contributed by atoms with Gasteiger partial charge in [0.1, 0.15) is 0 Å². The fourth-order valence-electron chi connectivity index (χ4n) is 13.9. The molecule has 14 atom stereocenters. The van der Waals surface area contributed by atoms with Gasteiger partial charge in [0.25, 0.3) is 0 Å². The minimum Gasteiger partial charge on any atom is -0.386 e. The SMILES string of the molecule is CC(=O)O[C@@H](C1C[C@@H](C)[C@H]2C(O1)[C@H](O)[C@@]1(N)C3CC[C@H]4C(C)(C)[C@@H](O[C@H]5CN([I-]C6=CC=CC=CC=C6)CCO5)CC[C@@]45C[C@@]35CC[C@]21C)C(C)(C)O. The van der Waals surface area contributed by atoms with E-state index in [0.29, 0.717) is 18.9 Å². The van der Waals surface area contributed by atoms with E-state index in [0.717, 1.165) is 51.6 Å². The van der Waals surface area contributed by atoms with Crippen LogP contribution in [0, 0.1) is 45.3 Å². The fourth-order valence-corrected chi connectivity index (χ4v) is 16.4. The number of aliphatic hydroxyl groups is 2. The Balaban J connectivity index is 0.986. The molecule has 0 amide bonds. The Hall–Kier alpha value is -1.12. The van der Waals surface area contributed by atoms with Gasteiger partial charge in [0, 0.05) is 6.92 Å². The van der Waals surface area contributed by atoms with Crippen molar-refractivity contribution in [1.82, 2.24) is 3.11 Å². The number of esters is 1. The van der Waals surface area contributed by atoms with Gasteiger partial charge >= 0.3 is 228 Å². The number of ether oxygens (including phenoxy) is 4. The summed E-state index contributed by atoms with van der Waals surface area (Å²) in [6.45, 7) is 16.7. The number of aliphatic hydroxyl groups excluding tert-OH is 1. The van der Waals surface area contributed by atoms with Gasteiger partial charge < -0.3 is 19.7 Å². The number of allylic oxidation sites excluding steroid dienone is 8. The van der Waals surface area contributed by atoms with Gasteiger partial charge in [-0.1, -0.05) is 13.8 Å². The zero-order valence-corrected chi connectivity index (χ0v) is 35.1. The first kappa shape index (κ1) is 38.7. The second-order valence-corrected chi connectivity index (χ2v) is 22.5. The number of morpholine rings is 1. The van der Waals surface area contributed by atoms with E-state index in [1.807, 2.05) is 0 Å². The van der Waals surface area contributed by atoms with Crippen LogP contribution in [0.1, 0.15) is 99.8 Å². The molecule has 0 aromatic rings. The van der Waals surface area contributed by atoms with Crippen molar-refractivity contribution in [2.75, 3.05) is 19.7 Å². The molecule has 0 radical (unpaired) electrons. The predicted octanol–water partition coefficient (Wildman–Crippen LogP) is 2.81. The van der Waals surface area contributed by atoms with E-state index in [4.69, 9.17) is 24.7 Å². The molecule has 10 heteroatoms. The Morgan fingerprint density at radius 1 is 1.06 bits per heavy atom. The summed E-state index contributed by atoms with van der Waals surface area (Å²) in [5, 5.41) is 23.6. The molecule has 7 fully saturated rings. The summed E-state index contributed by atoms with van der Waals surface area (Å²) >= 11 is -0.300. The quantitative estimate of drug-likeness (QED) is 0.202. The third-order valence-electron chi connectivity index (χ3n) is 16.1. The zero-order chi connectivity index (χ0) is 37.8. The molecule has 5 saturated carbocycles. The Labute approximate surface area is 327 Å². The maximum absolute atomic E-state index is 12.5. The van der Waals surface area contributed by atoms with Crippen LogP contribution in [0.2, 0.25) is 0 Å². The topological polar surface area (TPSA) is 124 Å². The van der Waals surface area contributed by atoms with Crippen molar-refractivity contribution in [3.8, 4) is 0 Å². The van der Waals surface area contributed by atoms with E-state index in [1.165, 1.54) is 16.9 Å². The molecule has 9 nitrogen and oxygen atoms in total. The van der Waals surface area contributed by atoms with Crippen LogP contribution in [0.4, 0.5) is 0 Å². The van der Waals surface area contributed by atoms with E-state index >= 15 is 0 Å². The van der Waals surface area contributed by atoms with Gasteiger partial charge in [-0.05, 0) is 32.1 Å². The number of nitrogens with zero attached hydrogens (tertiary/aromatic N) is 1. The first-order chi connectivity index (χ1) is 25.0. The van der Waals surface area contributed by atoms with E-state index in [9.17, 15) is 15.0 Å². The Bertz CT molecular complexity index is 1570. The number of rotatable bonds is 7. The van der Waals surface area contributed by atoms with Crippen LogP contribution in [0.3, 0.4) is 0 Å². The molecule has 6 aliphatic carbocycles. The monoisotopic (exact) mass is 847 g/mol. The minimum atomic E-state index is -1.29. The number of hydrogen-bond acceptors (Lipinski definition) is 9. The molecular weight excluding hydrogens is 783 g/mol. The number of carbonyl (C=O) groups excluding carboxylic acids is 1. The van der Waals surface area contributed by atoms with Gasteiger partial charge in [-0.25, -0.2) is 0 Å². The van der Waals surface area contributed by atoms with E-state index in [1.54, 1.807) is 13.8 Å². The van der Waals surface area contributed by atoms with Gasteiger partial charge in [0.2, 0.25) is 0 Å². The first-order valence-electron chi connectivity index (χ1n) is 20.4. The number of carbonyl (C=O) groups is 1.